The van der Waals surface area contributed by atoms with Crippen LogP contribution in [0.15, 0.2) is 122 Å². The summed E-state index contributed by atoms with van der Waals surface area (Å²) in [7, 11) is 0. The van der Waals surface area contributed by atoms with Crippen molar-refractivity contribution < 1.29 is 57.9 Å². The van der Waals surface area contributed by atoms with Crippen molar-refractivity contribution in [3.8, 4) is 44.5 Å². The van der Waals surface area contributed by atoms with Crippen LogP contribution in [0.4, 0.5) is 0 Å². The molecule has 0 fully saturated rings. The maximum Gasteiger partial charge on any atom is 0.303 e. The first-order chi connectivity index (χ1) is 42.9. The Labute approximate surface area is 515 Å². The topological polar surface area (TPSA) is 222 Å². The van der Waals surface area contributed by atoms with E-state index in [1.165, 1.54) is 0 Å². The Morgan fingerprint density at radius 3 is 0.682 bits per heavy atom. The van der Waals surface area contributed by atoms with Crippen LogP contribution in [0.1, 0.15) is 177 Å². The summed E-state index contributed by atoms with van der Waals surface area (Å²) < 4.78 is 8.85. The fourth-order valence-electron chi connectivity index (χ4n) is 11.9. The molecule has 9 heterocycles. The van der Waals surface area contributed by atoms with Gasteiger partial charge < -0.3 is 30.4 Å². The first-order valence-electron chi connectivity index (χ1n) is 32.0. The molecule has 0 radical (unpaired) electrons. The number of pyridine rings is 4. The fraction of sp³-hybridized carbons (Fsp3) is 0.389. The van der Waals surface area contributed by atoms with Gasteiger partial charge in [-0.1, -0.05) is 51.4 Å². The first kappa shape index (κ1) is 63.6. The lowest BCUT2D eigenvalue weighted by Gasteiger charge is -2.07. The van der Waals surface area contributed by atoms with E-state index in [1.807, 2.05) is 0 Å². The van der Waals surface area contributed by atoms with Crippen LogP contribution < -0.4 is 18.3 Å². The Morgan fingerprint density at radius 2 is 0.477 bits per heavy atom. The average molecular weight is 1190 g/mol. The van der Waals surface area contributed by atoms with E-state index in [-0.39, 0.29) is 25.7 Å². The third-order valence-corrected chi connectivity index (χ3v) is 16.7. The monoisotopic (exact) mass is 1190 g/mol. The number of nitrogens with zero attached hydrogens (tertiary/aromatic N) is 6. The molecular weight excluding hydrogens is 1100 g/mol. The summed E-state index contributed by atoms with van der Waals surface area (Å²) in [6, 6.07) is 25.9. The number of hydrogen-bond acceptors (Lipinski definition) is 6. The van der Waals surface area contributed by atoms with Crippen molar-refractivity contribution in [1.82, 2.24) is 19.9 Å². The highest BCUT2D eigenvalue weighted by Gasteiger charge is 2.21. The van der Waals surface area contributed by atoms with Gasteiger partial charge in [-0.15, -0.1) is 0 Å². The van der Waals surface area contributed by atoms with Crippen LogP contribution in [-0.2, 0) is 45.4 Å². The van der Waals surface area contributed by atoms with E-state index in [0.29, 0.717) is 25.7 Å². The lowest BCUT2D eigenvalue weighted by Crippen LogP contribution is -2.32. The van der Waals surface area contributed by atoms with Crippen molar-refractivity contribution in [3.05, 3.63) is 145 Å². The Hall–Kier alpha value is -8.92. The van der Waals surface area contributed by atoms with Gasteiger partial charge in [0.05, 0.1) is 22.8 Å². The standard InChI is InChI=1S/C72H82N8O8/c81-65(82)21-13-5-1-9-17-41-77-45-33-53(34-46-77)69-57-25-27-59(73-57)70(54-35-47-78(48-36-54)42-18-10-2-6-14-22-66(83)84)61-29-31-63(75-61)72(56-39-51-80(52-40-56)44-20-12-4-8-16-24-68(87)88)64-32-30-62(76-64)71(60-28-26-58(69)74-60)55-37-49-79(50-38-55)43-19-11-3-7-15-23-67(85)86/h25-40,45-52H,1-24,41-44H2,(H2-3,73,74,75,76,81,82,83,84,85,86,87,88)/p+4. The van der Waals surface area contributed by atoms with Gasteiger partial charge in [-0.3, -0.25) is 19.2 Å². The van der Waals surface area contributed by atoms with Crippen LogP contribution in [0.25, 0.3) is 90.9 Å². The number of H-pyrrole nitrogens is 2. The largest absolute Gasteiger partial charge is 0.481 e. The summed E-state index contributed by atoms with van der Waals surface area (Å²) in [5.74, 6) is -2.96. The molecule has 2 aliphatic heterocycles. The second kappa shape index (κ2) is 32.7. The van der Waals surface area contributed by atoms with Gasteiger partial charge in [-0.25, -0.2) is 28.2 Å². The number of aryl methyl sites for hydroxylation is 4. The van der Waals surface area contributed by atoms with Gasteiger partial charge in [0.2, 0.25) is 0 Å². The Bertz CT molecular complexity index is 3240. The molecule has 16 nitrogen and oxygen atoms in total. The number of aromatic nitrogens is 8. The van der Waals surface area contributed by atoms with Crippen molar-refractivity contribution in [2.24, 2.45) is 0 Å². The summed E-state index contributed by atoms with van der Waals surface area (Å²) in [6.07, 6.45) is 45.1. The zero-order chi connectivity index (χ0) is 61.5. The first-order valence-corrected chi connectivity index (χ1v) is 32.0. The lowest BCUT2D eigenvalue weighted by molar-refractivity contribution is -0.697. The van der Waals surface area contributed by atoms with Crippen molar-refractivity contribution in [3.63, 3.8) is 0 Å². The fourth-order valence-corrected chi connectivity index (χ4v) is 11.9. The highest BCUT2D eigenvalue weighted by atomic mass is 16.4. The normalized spacial score (nSPS) is 11.8. The predicted molar refractivity (Wildman–Crippen MR) is 343 cm³/mol. The second-order valence-corrected chi connectivity index (χ2v) is 23.4. The smallest absolute Gasteiger partial charge is 0.303 e. The van der Waals surface area contributed by atoms with Crippen molar-refractivity contribution in [2.75, 3.05) is 0 Å². The van der Waals surface area contributed by atoms with Gasteiger partial charge >= 0.3 is 23.9 Å². The third-order valence-electron chi connectivity index (χ3n) is 16.7. The van der Waals surface area contributed by atoms with Crippen LogP contribution in [0.3, 0.4) is 0 Å². The highest BCUT2D eigenvalue weighted by molar-refractivity contribution is 5.99. The highest BCUT2D eigenvalue weighted by Crippen LogP contribution is 2.38. The SMILES string of the molecule is O=C(O)CCCCCCC[n+]1ccc(-c2c3nc(c(-c4cc[n+](CCCCCCCC(=O)O)cc4)c4ccc([nH]4)c(-c4cc[n+](CCCCCCCC(=O)O)cc4)c4nc(c(-c5cc[n+](CCCCCCCC(=O)O)cc5)c5ccc2[nH]5)C=C4)C=C3)cc1. The quantitative estimate of drug-likeness (QED) is 0.0161. The van der Waals surface area contributed by atoms with E-state index in [2.05, 4.69) is 175 Å². The van der Waals surface area contributed by atoms with E-state index in [4.69, 9.17) is 30.4 Å². The Morgan fingerprint density at radius 1 is 0.284 bits per heavy atom. The molecule has 458 valence electrons. The van der Waals surface area contributed by atoms with Crippen LogP contribution in [0, 0.1) is 0 Å². The summed E-state index contributed by atoms with van der Waals surface area (Å²) in [6.45, 7) is 3.41. The molecule has 2 aliphatic rings. The van der Waals surface area contributed by atoms with E-state index >= 15 is 0 Å². The Balaban J connectivity index is 1.14. The number of unbranched alkanes of at least 4 members (excludes halogenated alkanes) is 16. The molecule has 7 aromatic heterocycles. The molecule has 8 bridgehead atoms. The minimum Gasteiger partial charge on any atom is -0.481 e. The lowest BCUT2D eigenvalue weighted by atomic mass is 10.0. The van der Waals surface area contributed by atoms with Crippen molar-refractivity contribution in [2.45, 2.75) is 180 Å². The van der Waals surface area contributed by atoms with E-state index in [9.17, 15) is 19.2 Å². The number of carbonyl (C=O) groups is 4. The molecule has 0 amide bonds. The third kappa shape index (κ3) is 18.6. The van der Waals surface area contributed by atoms with Crippen LogP contribution in [0.2, 0.25) is 0 Å². The number of aromatic amines is 2. The van der Waals surface area contributed by atoms with Gasteiger partial charge in [0, 0.05) is 144 Å². The molecule has 9 rings (SSSR count). The molecular formula is C72H86N8O8+4. The zero-order valence-corrected chi connectivity index (χ0v) is 50.8. The number of rotatable bonds is 36. The summed E-state index contributed by atoms with van der Waals surface area (Å²) in [5, 5.41) is 36.3. The van der Waals surface area contributed by atoms with Crippen molar-refractivity contribution in [1.29, 1.82) is 0 Å². The molecule has 7 aromatic rings. The molecule has 0 saturated carbocycles. The molecule has 0 atom stereocenters. The Kier molecular flexibility index (Phi) is 23.6. The molecule has 0 saturated heterocycles. The molecule has 6 N–H and O–H groups in total. The molecule has 0 unspecified atom stereocenters. The average Bonchev–Trinajstić information content (AvgIpc) is 2.44. The molecule has 88 heavy (non-hydrogen) atoms. The molecule has 16 heteroatoms. The minimum absolute atomic E-state index is 0.217. The maximum absolute atomic E-state index is 11.0. The van der Waals surface area contributed by atoms with Crippen LogP contribution in [0.5, 0.6) is 0 Å². The van der Waals surface area contributed by atoms with Gasteiger partial charge in [0.25, 0.3) is 0 Å². The van der Waals surface area contributed by atoms with Gasteiger partial charge in [-0.05, 0) is 122 Å². The number of carboxylic acids is 4. The van der Waals surface area contributed by atoms with Gasteiger partial charge in [0.15, 0.2) is 49.6 Å². The van der Waals surface area contributed by atoms with Crippen molar-refractivity contribution >= 4 is 70.2 Å². The second-order valence-electron chi connectivity index (χ2n) is 23.4. The number of aliphatic carboxylic acids is 4. The predicted octanol–water partition coefficient (Wildman–Crippen LogP) is 14.2. The number of carboxylic acid groups (broad SMARTS) is 4. The molecule has 0 spiro atoms. The van der Waals surface area contributed by atoms with Crippen LogP contribution >= 0.6 is 0 Å². The summed E-state index contributed by atoms with van der Waals surface area (Å²) >= 11 is 0. The molecule has 0 aromatic carbocycles. The number of nitrogens with one attached hydrogen (secondary N) is 2. The van der Waals surface area contributed by atoms with E-state index in [0.717, 1.165) is 218 Å². The van der Waals surface area contributed by atoms with Gasteiger partial charge in [0.1, 0.15) is 26.2 Å². The summed E-state index contributed by atoms with van der Waals surface area (Å²) in [5.41, 5.74) is 14.7. The zero-order valence-electron chi connectivity index (χ0n) is 50.8. The summed E-state index contributed by atoms with van der Waals surface area (Å²) in [4.78, 5) is 63.1. The maximum atomic E-state index is 11.0. The van der Waals surface area contributed by atoms with Crippen LogP contribution in [-0.4, -0.2) is 64.2 Å². The van der Waals surface area contributed by atoms with E-state index < -0.39 is 23.9 Å². The van der Waals surface area contributed by atoms with Gasteiger partial charge in [-0.2, -0.15) is 0 Å². The number of hydrogen-bond donors (Lipinski definition) is 6. The van der Waals surface area contributed by atoms with E-state index in [1.54, 1.807) is 0 Å². The minimum atomic E-state index is -0.739. The number of fused-ring (bicyclic) bond motifs is 8. The molecule has 0 aliphatic carbocycles.